The fourth-order valence-corrected chi connectivity index (χ4v) is 9.02. The van der Waals surface area contributed by atoms with E-state index >= 15 is 0 Å². The van der Waals surface area contributed by atoms with E-state index in [-0.39, 0.29) is 55.0 Å². The van der Waals surface area contributed by atoms with E-state index < -0.39 is 50.9 Å². The maximum atomic E-state index is 13.6. The molecular formula is C36H42N6O10S2. The normalized spacial score (nSPS) is 17.6. The van der Waals surface area contributed by atoms with E-state index in [0.717, 1.165) is 4.31 Å². The van der Waals surface area contributed by atoms with Gasteiger partial charge >= 0.3 is 18.2 Å². The van der Waals surface area contributed by atoms with Crippen molar-refractivity contribution >= 4 is 57.4 Å². The summed E-state index contributed by atoms with van der Waals surface area (Å²) < 4.78 is 37.6. The van der Waals surface area contributed by atoms with E-state index in [1.54, 1.807) is 55.1 Å². The first kappa shape index (κ1) is 40.0. The molecule has 2 atom stereocenters. The summed E-state index contributed by atoms with van der Waals surface area (Å²) in [4.78, 5) is 70.5. The van der Waals surface area contributed by atoms with Gasteiger partial charge in [0.25, 0.3) is 5.91 Å². The molecule has 0 aliphatic carbocycles. The quantitative estimate of drug-likeness (QED) is 0.241. The minimum atomic E-state index is -4.10. The van der Waals surface area contributed by atoms with Gasteiger partial charge in [0, 0.05) is 61.0 Å². The fraction of sp³-hybridized carbons (Fsp3) is 0.389. The molecule has 54 heavy (non-hydrogen) atoms. The van der Waals surface area contributed by atoms with Crippen molar-refractivity contribution in [3.63, 3.8) is 0 Å². The molecule has 2 aliphatic heterocycles. The van der Waals surface area contributed by atoms with E-state index in [4.69, 9.17) is 9.47 Å². The number of piperazine rings is 1. The first-order valence-corrected chi connectivity index (χ1v) is 19.6. The summed E-state index contributed by atoms with van der Waals surface area (Å²) >= 11 is 1.27. The van der Waals surface area contributed by atoms with Crippen LogP contribution in [0, 0.1) is 0 Å². The number of aromatic nitrogens is 1. The lowest BCUT2D eigenvalue weighted by atomic mass is 10.0. The second-order valence-corrected chi connectivity index (χ2v) is 16.6. The maximum Gasteiger partial charge on any atom is 0.415 e. The topological polar surface area (TPSA) is 205 Å². The fourth-order valence-electron chi connectivity index (χ4n) is 5.88. The number of rotatable bonds is 12. The first-order chi connectivity index (χ1) is 25.7. The third-order valence-electron chi connectivity index (χ3n) is 8.82. The minimum absolute atomic E-state index is 0.00148. The Labute approximate surface area is 317 Å². The molecular weight excluding hydrogens is 741 g/mol. The highest BCUT2D eigenvalue weighted by molar-refractivity contribution is 8.02. The number of aliphatic carboxylic acids is 1. The number of anilines is 1. The number of nitrogens with zero attached hydrogens (tertiary/aromatic N) is 4. The van der Waals surface area contributed by atoms with Crippen LogP contribution in [0.1, 0.15) is 43.1 Å². The number of hydrogen-bond acceptors (Lipinski definition) is 11. The van der Waals surface area contributed by atoms with Gasteiger partial charge in [-0.2, -0.15) is 4.31 Å². The number of ether oxygens (including phenoxy) is 2. The molecule has 2 fully saturated rings. The molecule has 0 unspecified atom stereocenters. The van der Waals surface area contributed by atoms with Crippen LogP contribution >= 0.6 is 11.8 Å². The molecule has 16 nitrogen and oxygen atoms in total. The number of sulfonamides is 1. The molecule has 2 aromatic carbocycles. The van der Waals surface area contributed by atoms with Crippen molar-refractivity contribution in [3.05, 3.63) is 84.2 Å². The van der Waals surface area contributed by atoms with Gasteiger partial charge in [0.05, 0.1) is 12.5 Å². The number of carboxylic acids is 1. The number of carbonyl (C=O) groups excluding carboxylic acids is 4. The van der Waals surface area contributed by atoms with Gasteiger partial charge in [0.1, 0.15) is 22.7 Å². The van der Waals surface area contributed by atoms with Crippen molar-refractivity contribution in [1.82, 2.24) is 24.4 Å². The Morgan fingerprint density at radius 2 is 1.65 bits per heavy atom. The molecule has 3 N–H and O–H groups in total. The van der Waals surface area contributed by atoms with Crippen LogP contribution in [0.3, 0.4) is 0 Å². The highest BCUT2D eigenvalue weighted by Crippen LogP contribution is 2.42. The van der Waals surface area contributed by atoms with Crippen molar-refractivity contribution in [1.29, 1.82) is 0 Å². The van der Waals surface area contributed by atoms with Crippen LogP contribution in [0.4, 0.5) is 15.3 Å². The molecule has 288 valence electrons. The van der Waals surface area contributed by atoms with Crippen molar-refractivity contribution in [3.8, 4) is 5.75 Å². The van der Waals surface area contributed by atoms with Gasteiger partial charge in [-0.05, 0) is 74.4 Å². The number of benzene rings is 2. The summed E-state index contributed by atoms with van der Waals surface area (Å²) in [5.41, 5.74) is 1.45. The summed E-state index contributed by atoms with van der Waals surface area (Å²) in [5.74, 6) is -2.05. The Morgan fingerprint density at radius 1 is 0.981 bits per heavy atom. The third kappa shape index (κ3) is 9.66. The molecule has 0 spiro atoms. The summed E-state index contributed by atoms with van der Waals surface area (Å²) in [6.07, 6.45) is 2.03. The zero-order valence-electron chi connectivity index (χ0n) is 30.0. The summed E-state index contributed by atoms with van der Waals surface area (Å²) in [6, 6.07) is 12.9. The van der Waals surface area contributed by atoms with Crippen molar-refractivity contribution in [2.75, 3.05) is 44.0 Å². The average Bonchev–Trinajstić information content (AvgIpc) is 3.50. The Morgan fingerprint density at radius 3 is 2.26 bits per heavy atom. The highest BCUT2D eigenvalue weighted by atomic mass is 32.2. The summed E-state index contributed by atoms with van der Waals surface area (Å²) in [5, 5.41) is 15.1. The zero-order chi connectivity index (χ0) is 39.0. The summed E-state index contributed by atoms with van der Waals surface area (Å²) in [6.45, 7) is 6.69. The highest BCUT2D eigenvalue weighted by Gasteiger charge is 2.51. The number of pyridine rings is 1. The van der Waals surface area contributed by atoms with Gasteiger partial charge in [0.15, 0.2) is 0 Å². The maximum absolute atomic E-state index is 13.6. The minimum Gasteiger partial charge on any atom is -0.480 e. The molecule has 2 saturated heterocycles. The Hall–Kier alpha value is -5.20. The second-order valence-electron chi connectivity index (χ2n) is 13.1. The summed E-state index contributed by atoms with van der Waals surface area (Å²) in [7, 11) is -4.10. The Balaban J connectivity index is 1.12. The lowest BCUT2D eigenvalue weighted by Crippen LogP contribution is -2.56. The van der Waals surface area contributed by atoms with Crippen LogP contribution < -0.4 is 15.4 Å². The van der Waals surface area contributed by atoms with Crippen LogP contribution in [0.2, 0.25) is 0 Å². The number of amides is 4. The zero-order valence-corrected chi connectivity index (χ0v) is 31.6. The SMILES string of the molecule is CCCOC(=O)Nc1ccc(C(=O)N2CCN(C(=O)Oc3ccc(C[C@H](NC(=O)[C@H]4N(S(=O)(=O)c5cccnc5)CSC4(C)C)C(=O)O)cc3)CC2)cc1. The molecule has 1 aromatic heterocycles. The molecule has 0 radical (unpaired) electrons. The Bertz CT molecular complexity index is 1940. The monoisotopic (exact) mass is 782 g/mol. The van der Waals surface area contributed by atoms with Crippen LogP contribution in [0.25, 0.3) is 0 Å². The van der Waals surface area contributed by atoms with Gasteiger partial charge in [-0.1, -0.05) is 19.1 Å². The molecule has 4 amide bonds. The predicted octanol–water partition coefficient (Wildman–Crippen LogP) is 3.65. The first-order valence-electron chi connectivity index (χ1n) is 17.2. The van der Waals surface area contributed by atoms with Crippen LogP contribution in [0.5, 0.6) is 5.75 Å². The Kier molecular flexibility index (Phi) is 12.8. The van der Waals surface area contributed by atoms with E-state index in [2.05, 4.69) is 15.6 Å². The van der Waals surface area contributed by atoms with Gasteiger partial charge in [0.2, 0.25) is 15.9 Å². The van der Waals surface area contributed by atoms with E-state index in [9.17, 15) is 37.5 Å². The molecule has 5 rings (SSSR count). The number of nitrogens with one attached hydrogen (secondary N) is 2. The average molecular weight is 783 g/mol. The lowest BCUT2D eigenvalue weighted by Gasteiger charge is -2.34. The molecule has 3 heterocycles. The number of hydrogen-bond donors (Lipinski definition) is 3. The third-order valence-corrected chi connectivity index (χ3v) is 12.2. The van der Waals surface area contributed by atoms with Gasteiger partial charge in [-0.3, -0.25) is 19.9 Å². The van der Waals surface area contributed by atoms with Gasteiger partial charge in [-0.15, -0.1) is 11.8 Å². The van der Waals surface area contributed by atoms with E-state index in [1.165, 1.54) is 53.3 Å². The predicted molar refractivity (Wildman–Crippen MR) is 199 cm³/mol. The molecule has 0 bridgehead atoms. The van der Waals surface area contributed by atoms with Crippen molar-refractivity contribution in [2.45, 2.75) is 55.3 Å². The van der Waals surface area contributed by atoms with E-state index in [1.807, 2.05) is 6.92 Å². The molecule has 0 saturated carbocycles. The van der Waals surface area contributed by atoms with Crippen molar-refractivity contribution in [2.24, 2.45) is 0 Å². The number of thioether (sulfide) groups is 1. The standard InChI is InChI=1S/C36H42N6O10S2/c1-4-20-51-34(47)38-26-11-9-25(10-12-26)32(44)40-16-18-41(19-17-40)35(48)52-27-13-7-24(8-14-27)21-29(33(45)46)39-31(43)30-36(2,3)53-23-42(30)54(49,50)28-6-5-15-37-22-28/h5-15,22,29-30H,4,16-21,23H2,1-3H3,(H,38,47)(H,39,43)(H,45,46)/t29-,30+/m0/s1. The van der Waals surface area contributed by atoms with Crippen LogP contribution in [-0.4, -0.2) is 118 Å². The smallest absolute Gasteiger partial charge is 0.415 e. The molecule has 2 aliphatic rings. The van der Waals surface area contributed by atoms with Crippen molar-refractivity contribution < 1.29 is 47.0 Å². The molecule has 3 aromatic rings. The van der Waals surface area contributed by atoms with Crippen LogP contribution in [-0.2, 0) is 30.8 Å². The van der Waals surface area contributed by atoms with E-state index in [0.29, 0.717) is 29.8 Å². The van der Waals surface area contributed by atoms with Gasteiger partial charge in [-0.25, -0.2) is 22.8 Å². The van der Waals surface area contributed by atoms with Gasteiger partial charge < -0.3 is 29.7 Å². The van der Waals surface area contributed by atoms with Crippen LogP contribution in [0.15, 0.2) is 78.0 Å². The molecule has 18 heteroatoms. The largest absolute Gasteiger partial charge is 0.480 e. The lowest BCUT2D eigenvalue weighted by molar-refractivity contribution is -0.142. The second kappa shape index (κ2) is 17.3. The number of carbonyl (C=O) groups is 5. The number of carboxylic acid groups (broad SMARTS) is 1.